The number of aromatic nitrogens is 2. The van der Waals surface area contributed by atoms with Crippen LogP contribution in [-0.4, -0.2) is 94.2 Å². The number of carboxylic acid groups (broad SMARTS) is 1. The zero-order valence-electron chi connectivity index (χ0n) is 42.9. The number of ether oxygens (including phenoxy) is 5. The summed E-state index contributed by atoms with van der Waals surface area (Å²) in [5.74, 6) is -4.78. The number of nitrogens with one attached hydrogen (secondary N) is 1. The van der Waals surface area contributed by atoms with E-state index >= 15 is 0 Å². The lowest BCUT2D eigenvalue weighted by atomic mass is 10.1. The van der Waals surface area contributed by atoms with Crippen LogP contribution in [0.5, 0.6) is 0 Å². The van der Waals surface area contributed by atoms with E-state index in [-0.39, 0.29) is 12.1 Å². The van der Waals surface area contributed by atoms with E-state index in [2.05, 4.69) is 47.1 Å². The summed E-state index contributed by atoms with van der Waals surface area (Å²) in [5.41, 5.74) is 9.04. The molecular formula is C51H66Br2F3N4O12S2-. The van der Waals surface area contributed by atoms with Crippen molar-refractivity contribution in [1.29, 1.82) is 0 Å². The van der Waals surface area contributed by atoms with Gasteiger partial charge in [-0.15, -0.1) is 22.7 Å². The van der Waals surface area contributed by atoms with Gasteiger partial charge in [-0.05, 0) is 122 Å². The Labute approximate surface area is 455 Å². The van der Waals surface area contributed by atoms with Crippen molar-refractivity contribution < 1.29 is 70.7 Å². The number of halogens is 5. The second kappa shape index (κ2) is 32.5. The molecule has 2 aliphatic rings. The van der Waals surface area contributed by atoms with E-state index in [1.807, 2.05) is 63.6 Å². The van der Waals surface area contributed by atoms with Crippen LogP contribution in [0.4, 0.5) is 18.0 Å². The predicted molar refractivity (Wildman–Crippen MR) is 281 cm³/mol. The summed E-state index contributed by atoms with van der Waals surface area (Å²) in [6.07, 6.45) is 11.5. The maximum Gasteiger partial charge on any atom is 0.430 e. The Morgan fingerprint density at radius 2 is 1.18 bits per heavy atom. The number of esters is 4. The fourth-order valence-corrected chi connectivity index (χ4v) is 9.03. The van der Waals surface area contributed by atoms with Gasteiger partial charge in [0, 0.05) is 48.6 Å². The van der Waals surface area contributed by atoms with E-state index in [0.29, 0.717) is 51.4 Å². The van der Waals surface area contributed by atoms with Crippen molar-refractivity contribution in [2.75, 3.05) is 0 Å². The molecule has 0 spiro atoms. The molecule has 0 aliphatic carbocycles. The SMILES string of the molecule is C/C(Br)=C\[C@@H]1Cc2nc(cs2)CCC[C@@H](N)C(=O)O[C@@H](C)C/C(C)=C/C=C\C(=O)O1.C/C(Br)=C\[C@@H]1Cc2nc(cs2)CCC[C@@H](NC(=O)OC(C)(C)C)C(=O)O[C@@H](C)C/C(C)=C/C=C\C(=O)O1.O=C([O-])C(F)(F)F. The van der Waals surface area contributed by atoms with Gasteiger partial charge < -0.3 is 44.6 Å². The number of alkyl carbamates (subject to hydrolysis) is 1. The van der Waals surface area contributed by atoms with E-state index in [1.54, 1.807) is 45.9 Å². The molecule has 2 aromatic rings. The molecule has 0 saturated carbocycles. The van der Waals surface area contributed by atoms with Crippen LogP contribution in [0.3, 0.4) is 0 Å². The zero-order chi connectivity index (χ0) is 55.8. The third-order valence-electron chi connectivity index (χ3n) is 9.78. The fraction of sp³-hybridized carbons (Fsp3) is 0.529. The van der Waals surface area contributed by atoms with Gasteiger partial charge in [-0.1, -0.05) is 67.3 Å². The number of nitrogens with two attached hydrogens (primary N) is 1. The van der Waals surface area contributed by atoms with Gasteiger partial charge in [-0.2, -0.15) is 13.2 Å². The normalized spacial score (nSPS) is 25.2. The summed E-state index contributed by atoms with van der Waals surface area (Å²) < 4.78 is 61.0. The van der Waals surface area contributed by atoms with Crippen LogP contribution >= 0.6 is 54.5 Å². The molecule has 0 aromatic carbocycles. The molecule has 4 heterocycles. The van der Waals surface area contributed by atoms with Crippen molar-refractivity contribution >= 4 is 90.5 Å². The first-order chi connectivity index (χ1) is 34.5. The Balaban J connectivity index is 0.000000455. The number of cyclic esters (lactones) is 4. The number of thiazole rings is 2. The van der Waals surface area contributed by atoms with Crippen molar-refractivity contribution in [1.82, 2.24) is 15.3 Å². The second-order valence-electron chi connectivity index (χ2n) is 18.4. The Bertz CT molecular complexity index is 2380. The standard InChI is InChI=1S/C27H37BrN2O6S.C22H29BrN2O4S.C2HF3O2/c1-17-9-7-12-24(31)35-21(14-18(2)28)15-23-29-20(16-37-23)10-8-11-22(25(32)34-19(3)13-17)30-26(33)36-27(4,5)6;1-14-6-4-9-21(26)29-18(11-15(2)23)12-20-25-17(13-30-20)7-5-8-19(24)22(27)28-16(3)10-14;3-2(4,5)1(6)7/h7,9,12,14,16,19,21-22H,8,10-11,13,15H2,1-6H3,(H,30,33);4,6,9,11,13,16,18-19H,5,7-8,10,12,24H2,1-3H3;(H,6,7)/p-1/b12-7-,17-9+,18-14+;9-4-,14-6+,15-11+;/t19-,21+,22+;16-,18+,19+;/m00./s1. The van der Waals surface area contributed by atoms with Crippen molar-refractivity contribution in [2.45, 2.75) is 175 Å². The fourth-order valence-electron chi connectivity index (χ4n) is 6.70. The first kappa shape index (κ1) is 65.1. The molecule has 1 amide bonds. The van der Waals surface area contributed by atoms with Crippen molar-refractivity contribution in [2.24, 2.45) is 5.73 Å². The predicted octanol–water partition coefficient (Wildman–Crippen LogP) is 9.63. The molecule has 2 aliphatic heterocycles. The number of amides is 1. The van der Waals surface area contributed by atoms with Gasteiger partial charge in [0.2, 0.25) is 0 Å². The summed E-state index contributed by atoms with van der Waals surface area (Å²) in [4.78, 5) is 80.3. The number of alkyl halides is 3. The van der Waals surface area contributed by atoms with Gasteiger partial charge >= 0.3 is 36.1 Å². The second-order valence-corrected chi connectivity index (χ2v) is 22.7. The molecule has 4 rings (SSSR count). The smallest absolute Gasteiger partial charge is 0.430 e. The zero-order valence-corrected chi connectivity index (χ0v) is 47.7. The molecule has 16 nitrogen and oxygen atoms in total. The largest absolute Gasteiger partial charge is 0.542 e. The van der Waals surface area contributed by atoms with E-state index in [4.69, 9.17) is 39.3 Å². The van der Waals surface area contributed by atoms with Crippen molar-refractivity contribution in [3.05, 3.63) is 101 Å². The van der Waals surface area contributed by atoms with Crippen LogP contribution in [0.15, 0.2) is 79.5 Å². The number of rotatable bonds is 3. The van der Waals surface area contributed by atoms with Crippen LogP contribution in [0.2, 0.25) is 0 Å². The molecule has 3 N–H and O–H groups in total. The number of hydrogen-bond acceptors (Lipinski definition) is 17. The number of hydrogen-bond donors (Lipinski definition) is 2. The van der Waals surface area contributed by atoms with Crippen LogP contribution in [0.25, 0.3) is 0 Å². The summed E-state index contributed by atoms with van der Waals surface area (Å²) in [5, 5.41) is 17.1. The maximum absolute atomic E-state index is 13.0. The molecule has 6 atom stereocenters. The molecule has 0 saturated heterocycles. The van der Waals surface area contributed by atoms with Crippen LogP contribution in [-0.2, 0) is 73.3 Å². The van der Waals surface area contributed by atoms with Gasteiger partial charge in [0.05, 0.1) is 21.4 Å². The number of carboxylic acids is 1. The molecule has 410 valence electrons. The third-order valence-corrected chi connectivity index (χ3v) is 12.1. The van der Waals surface area contributed by atoms with Crippen molar-refractivity contribution in [3.8, 4) is 0 Å². The molecular weight excluding hydrogens is 1140 g/mol. The number of fused-ring (bicyclic) bond motifs is 4. The van der Waals surface area contributed by atoms with Gasteiger partial charge in [-0.25, -0.2) is 29.1 Å². The number of nitrogens with zero attached hydrogens (tertiary/aromatic N) is 2. The number of aliphatic carboxylic acids is 1. The Kier molecular flexibility index (Phi) is 28.6. The quantitative estimate of drug-likeness (QED) is 0.215. The highest BCUT2D eigenvalue weighted by molar-refractivity contribution is 9.12. The van der Waals surface area contributed by atoms with Gasteiger partial charge in [-0.3, -0.25) is 4.79 Å². The minimum atomic E-state index is -5.19. The Morgan fingerprint density at radius 1 is 0.757 bits per heavy atom. The lowest BCUT2D eigenvalue weighted by Gasteiger charge is -2.24. The number of aryl methyl sites for hydroxylation is 2. The van der Waals surface area contributed by atoms with Gasteiger partial charge in [0.25, 0.3) is 0 Å². The number of carbonyl (C=O) groups is 6. The van der Waals surface area contributed by atoms with E-state index in [9.17, 15) is 37.1 Å². The summed E-state index contributed by atoms with van der Waals surface area (Å²) in [6, 6.07) is -1.48. The third kappa shape index (κ3) is 29.2. The average Bonchev–Trinajstić information content (AvgIpc) is 3.90. The molecule has 23 heteroatoms. The van der Waals surface area contributed by atoms with E-state index < -0.39 is 72.1 Å². The minimum Gasteiger partial charge on any atom is -0.542 e. The first-order valence-electron chi connectivity index (χ1n) is 23.5. The van der Waals surface area contributed by atoms with Crippen LogP contribution in [0.1, 0.15) is 122 Å². The van der Waals surface area contributed by atoms with Gasteiger partial charge in [0.1, 0.15) is 48.1 Å². The Morgan fingerprint density at radius 3 is 1.58 bits per heavy atom. The lowest BCUT2D eigenvalue weighted by molar-refractivity contribution is -0.344. The molecule has 0 fully saturated rings. The molecule has 2 aromatic heterocycles. The molecule has 0 radical (unpaired) electrons. The summed E-state index contributed by atoms with van der Waals surface area (Å²) in [7, 11) is 0. The lowest BCUT2D eigenvalue weighted by Crippen LogP contribution is -2.45. The van der Waals surface area contributed by atoms with E-state index in [0.717, 1.165) is 54.4 Å². The van der Waals surface area contributed by atoms with Crippen LogP contribution < -0.4 is 16.2 Å². The van der Waals surface area contributed by atoms with Gasteiger partial charge in [0.15, 0.2) is 0 Å². The maximum atomic E-state index is 13.0. The molecule has 74 heavy (non-hydrogen) atoms. The highest BCUT2D eigenvalue weighted by Gasteiger charge is 2.29. The Hall–Kier alpha value is -4.97. The first-order valence-corrected chi connectivity index (χ1v) is 26.9. The summed E-state index contributed by atoms with van der Waals surface area (Å²) in [6.45, 7) is 16.5. The van der Waals surface area contributed by atoms with Crippen LogP contribution in [0, 0.1) is 0 Å². The number of allylic oxidation sites excluding steroid dienone is 6. The highest BCUT2D eigenvalue weighted by Crippen LogP contribution is 2.22. The van der Waals surface area contributed by atoms with E-state index in [1.165, 1.54) is 34.8 Å². The van der Waals surface area contributed by atoms with Crippen molar-refractivity contribution in [3.63, 3.8) is 0 Å². The highest BCUT2D eigenvalue weighted by atomic mass is 79.9. The topological polar surface area (TPSA) is 235 Å². The number of carbonyl (C=O) groups excluding carboxylic acids is 6. The molecule has 4 bridgehead atoms. The minimum absolute atomic E-state index is 0.292. The average molecular weight is 1210 g/mol. The monoisotopic (exact) mass is 1210 g/mol. The summed E-state index contributed by atoms with van der Waals surface area (Å²) >= 11 is 9.86. The molecule has 0 unspecified atom stereocenters.